The van der Waals surface area contributed by atoms with Crippen molar-refractivity contribution >= 4 is 34.8 Å². The van der Waals surface area contributed by atoms with Crippen LogP contribution < -0.4 is 5.32 Å². The number of nitrogens with zero attached hydrogens (tertiary/aromatic N) is 3. The fourth-order valence-electron chi connectivity index (χ4n) is 1.24. The molecule has 0 bridgehead atoms. The van der Waals surface area contributed by atoms with Gasteiger partial charge in [0.2, 0.25) is 15.4 Å². The Kier molecular flexibility index (Phi) is 2.83. The second-order valence-corrected chi connectivity index (χ2v) is 4.50. The zero-order chi connectivity index (χ0) is 10.8. The monoisotopic (exact) mass is 246 g/mol. The van der Waals surface area contributed by atoms with Crippen molar-refractivity contribution in [3.8, 4) is 0 Å². The van der Waals surface area contributed by atoms with Crippen LogP contribution in [0.15, 0.2) is 0 Å². The number of amides is 2. The average molecular weight is 247 g/mol. The number of hydrogen-bond acceptors (Lipinski definition) is 5. The molecule has 0 spiro atoms. The summed E-state index contributed by atoms with van der Waals surface area (Å²) in [7, 11) is 0. The number of aromatic nitrogens is 2. The smallest absolute Gasteiger partial charge is 0.285 e. The number of carbonyl (C=O) groups excluding carboxylic acids is 2. The van der Waals surface area contributed by atoms with E-state index in [2.05, 4.69) is 15.5 Å². The van der Waals surface area contributed by atoms with Gasteiger partial charge < -0.3 is 10.2 Å². The van der Waals surface area contributed by atoms with Gasteiger partial charge in [-0.3, -0.25) is 9.59 Å². The molecule has 1 aliphatic heterocycles. The molecule has 0 radical (unpaired) electrons. The van der Waals surface area contributed by atoms with Crippen molar-refractivity contribution in [2.24, 2.45) is 0 Å². The molecular weight excluding hydrogens is 240 g/mol. The summed E-state index contributed by atoms with van der Waals surface area (Å²) >= 11 is 6.58. The van der Waals surface area contributed by atoms with Crippen LogP contribution in [0.1, 0.15) is 9.80 Å². The lowest BCUT2D eigenvalue weighted by molar-refractivity contribution is -0.123. The molecule has 0 atom stereocenters. The Morgan fingerprint density at radius 2 is 2.33 bits per heavy atom. The summed E-state index contributed by atoms with van der Waals surface area (Å²) in [6.07, 6.45) is 0. The molecule has 0 aliphatic carbocycles. The molecule has 1 aliphatic rings. The highest BCUT2D eigenvalue weighted by molar-refractivity contribution is 7.17. The third-order valence-electron chi connectivity index (χ3n) is 1.91. The minimum atomic E-state index is -0.297. The van der Waals surface area contributed by atoms with Crippen LogP contribution in [0.5, 0.6) is 0 Å². The molecule has 2 rings (SSSR count). The molecule has 2 heterocycles. The predicted octanol–water partition coefficient (Wildman–Crippen LogP) is -0.236. The summed E-state index contributed by atoms with van der Waals surface area (Å²) in [4.78, 5) is 24.2. The molecule has 1 saturated heterocycles. The van der Waals surface area contributed by atoms with Crippen LogP contribution in [0.25, 0.3) is 0 Å². The number of piperazine rings is 1. The number of nitrogens with one attached hydrogen (secondary N) is 1. The Morgan fingerprint density at radius 3 is 2.93 bits per heavy atom. The molecule has 8 heteroatoms. The summed E-state index contributed by atoms with van der Waals surface area (Å²) in [5.41, 5.74) is 0. The van der Waals surface area contributed by atoms with E-state index in [1.165, 1.54) is 4.90 Å². The molecular formula is C7H7ClN4O2S. The van der Waals surface area contributed by atoms with Gasteiger partial charge in [0.25, 0.3) is 5.91 Å². The third kappa shape index (κ3) is 2.24. The Hall–Kier alpha value is -1.21. The predicted molar refractivity (Wildman–Crippen MR) is 53.8 cm³/mol. The van der Waals surface area contributed by atoms with Crippen molar-refractivity contribution in [2.45, 2.75) is 0 Å². The molecule has 6 nitrogen and oxygen atoms in total. The molecule has 80 valence electrons. The maximum atomic E-state index is 11.8. The minimum absolute atomic E-state index is 0.0655. The van der Waals surface area contributed by atoms with Gasteiger partial charge in [0.15, 0.2) is 0 Å². The second kappa shape index (κ2) is 4.11. The van der Waals surface area contributed by atoms with Gasteiger partial charge >= 0.3 is 0 Å². The van der Waals surface area contributed by atoms with Crippen LogP contribution in [-0.2, 0) is 4.79 Å². The van der Waals surface area contributed by atoms with Gasteiger partial charge in [0.1, 0.15) is 0 Å². The first-order valence-electron chi connectivity index (χ1n) is 4.22. The maximum Gasteiger partial charge on any atom is 0.285 e. The summed E-state index contributed by atoms with van der Waals surface area (Å²) in [6, 6.07) is 0. The van der Waals surface area contributed by atoms with Crippen LogP contribution in [0.2, 0.25) is 4.47 Å². The Balaban J connectivity index is 2.10. The molecule has 15 heavy (non-hydrogen) atoms. The zero-order valence-electron chi connectivity index (χ0n) is 7.57. The average Bonchev–Trinajstić information content (AvgIpc) is 2.64. The van der Waals surface area contributed by atoms with Gasteiger partial charge in [-0.2, -0.15) is 0 Å². The van der Waals surface area contributed by atoms with E-state index in [1.807, 2.05) is 0 Å². The quantitative estimate of drug-likeness (QED) is 0.742. The second-order valence-electron chi connectivity index (χ2n) is 2.94. The highest BCUT2D eigenvalue weighted by Crippen LogP contribution is 2.16. The van der Waals surface area contributed by atoms with Crippen LogP contribution in [0, 0.1) is 0 Å². The van der Waals surface area contributed by atoms with Crippen molar-refractivity contribution in [3.05, 3.63) is 9.47 Å². The first-order valence-corrected chi connectivity index (χ1v) is 5.41. The van der Waals surface area contributed by atoms with Gasteiger partial charge in [-0.1, -0.05) is 11.3 Å². The highest BCUT2D eigenvalue weighted by atomic mass is 35.5. The van der Waals surface area contributed by atoms with E-state index >= 15 is 0 Å². The van der Waals surface area contributed by atoms with Crippen molar-refractivity contribution < 1.29 is 9.59 Å². The van der Waals surface area contributed by atoms with Gasteiger partial charge in [-0.25, -0.2) is 0 Å². The Bertz CT molecular complexity index is 407. The topological polar surface area (TPSA) is 75.2 Å². The van der Waals surface area contributed by atoms with E-state index in [0.29, 0.717) is 13.1 Å². The highest BCUT2D eigenvalue weighted by Gasteiger charge is 2.24. The van der Waals surface area contributed by atoms with E-state index in [4.69, 9.17) is 11.6 Å². The lowest BCUT2D eigenvalue weighted by atomic mass is 10.3. The molecule has 1 fully saturated rings. The zero-order valence-corrected chi connectivity index (χ0v) is 9.14. The Morgan fingerprint density at radius 1 is 1.53 bits per heavy atom. The molecule has 1 N–H and O–H groups in total. The minimum Gasteiger partial charge on any atom is -0.353 e. The fraction of sp³-hybridized carbons (Fsp3) is 0.429. The third-order valence-corrected chi connectivity index (χ3v) is 2.92. The molecule has 0 saturated carbocycles. The molecule has 2 amide bonds. The summed E-state index contributed by atoms with van der Waals surface area (Å²) in [6.45, 7) is 1.02. The molecule has 0 unspecified atom stereocenters. The van der Waals surface area contributed by atoms with Crippen molar-refractivity contribution in [1.29, 1.82) is 0 Å². The van der Waals surface area contributed by atoms with Gasteiger partial charge in [-0.05, 0) is 11.6 Å². The molecule has 0 aromatic carbocycles. The van der Waals surface area contributed by atoms with E-state index < -0.39 is 0 Å². The van der Waals surface area contributed by atoms with Crippen LogP contribution in [0.3, 0.4) is 0 Å². The van der Waals surface area contributed by atoms with Crippen molar-refractivity contribution in [2.75, 3.05) is 19.6 Å². The lowest BCUT2D eigenvalue weighted by Gasteiger charge is -2.25. The molecule has 1 aromatic rings. The number of hydrogen-bond donors (Lipinski definition) is 1. The van der Waals surface area contributed by atoms with Crippen LogP contribution >= 0.6 is 22.9 Å². The maximum absolute atomic E-state index is 11.8. The summed E-state index contributed by atoms with van der Waals surface area (Å²) < 4.78 is 0.222. The first-order chi connectivity index (χ1) is 7.16. The van der Waals surface area contributed by atoms with E-state index in [1.54, 1.807) is 0 Å². The van der Waals surface area contributed by atoms with Gasteiger partial charge in [-0.15, -0.1) is 10.2 Å². The number of rotatable bonds is 1. The van der Waals surface area contributed by atoms with Crippen molar-refractivity contribution in [1.82, 2.24) is 20.4 Å². The lowest BCUT2D eigenvalue weighted by Crippen LogP contribution is -2.49. The Labute approximate surface area is 94.2 Å². The fourth-order valence-corrected chi connectivity index (χ4v) is 2.04. The van der Waals surface area contributed by atoms with Gasteiger partial charge in [0.05, 0.1) is 6.54 Å². The summed E-state index contributed by atoms with van der Waals surface area (Å²) in [5.74, 6) is -0.459. The van der Waals surface area contributed by atoms with Crippen LogP contribution in [-0.4, -0.2) is 46.5 Å². The van der Waals surface area contributed by atoms with E-state index in [9.17, 15) is 9.59 Å². The van der Waals surface area contributed by atoms with Gasteiger partial charge in [0, 0.05) is 13.1 Å². The SMILES string of the molecule is O=C1CN(C(=O)c2nnc(Cl)s2)CCN1. The van der Waals surface area contributed by atoms with E-state index in [-0.39, 0.29) is 27.8 Å². The summed E-state index contributed by atoms with van der Waals surface area (Å²) in [5, 5.41) is 10.0. The first kappa shape index (κ1) is 10.3. The van der Waals surface area contributed by atoms with Crippen molar-refractivity contribution in [3.63, 3.8) is 0 Å². The van der Waals surface area contributed by atoms with Crippen LogP contribution in [0.4, 0.5) is 0 Å². The number of halogens is 1. The standard InChI is InChI=1S/C7H7ClN4O2S/c8-7-11-10-5(15-7)6(14)12-2-1-9-4(13)3-12/h1-3H2,(H,9,13). The molecule has 1 aromatic heterocycles. The van der Waals surface area contributed by atoms with E-state index in [0.717, 1.165) is 11.3 Å². The number of carbonyl (C=O) groups is 2. The largest absolute Gasteiger partial charge is 0.353 e. The normalized spacial score (nSPS) is 16.3.